The summed E-state index contributed by atoms with van der Waals surface area (Å²) in [4.78, 5) is 14.4. The number of methoxy groups -OCH3 is 1. The second kappa shape index (κ2) is 16.7. The predicted octanol–water partition coefficient (Wildman–Crippen LogP) is 8.23. The summed E-state index contributed by atoms with van der Waals surface area (Å²) in [6.45, 7) is 6.57. The molecule has 0 fully saturated rings. The maximum absolute atomic E-state index is 12.7. The summed E-state index contributed by atoms with van der Waals surface area (Å²) in [5.41, 5.74) is 12.6. The predicted molar refractivity (Wildman–Crippen MR) is 159 cm³/mol. The number of halogens is 8. The zero-order chi connectivity index (χ0) is 30.7. The standard InChI is InChI=1S/C7H7BrFNO.C6H4BrClFN.C6H6BrFN2.C6H7FN2/c1-4-5(9)3-10-7(11-2)6(4)8;1-3-4(9)2-10-6(8)5(3)7;1-3-4(8)2-10-6(9)5(3)7;1-4-2-6(8)9-3-5(4)7/h3H,1-2H3;2H,1H3;2H,1H3,(H2,9,10);2-3H,1H3,(H2,8,9). The minimum Gasteiger partial charge on any atom is -0.480 e. The molecular weight excluding hydrogens is 751 g/mol. The lowest BCUT2D eigenvalue weighted by atomic mass is 10.3. The first-order valence-electron chi connectivity index (χ1n) is 10.9. The van der Waals surface area contributed by atoms with Crippen LogP contribution in [-0.4, -0.2) is 27.0 Å². The third kappa shape index (κ3) is 10.5. The van der Waals surface area contributed by atoms with Crippen LogP contribution in [0.3, 0.4) is 0 Å². The van der Waals surface area contributed by atoms with Gasteiger partial charge in [-0.1, -0.05) is 11.6 Å². The number of hydrogen-bond donors (Lipinski definition) is 2. The highest BCUT2D eigenvalue weighted by Crippen LogP contribution is 2.27. The second-order valence-corrected chi connectivity index (χ2v) is 10.4. The Kier molecular flexibility index (Phi) is 14.8. The fraction of sp³-hybridized carbons (Fsp3) is 0.200. The summed E-state index contributed by atoms with van der Waals surface area (Å²) in [7, 11) is 1.49. The van der Waals surface area contributed by atoms with Gasteiger partial charge in [0.05, 0.1) is 45.3 Å². The molecule has 4 N–H and O–H groups in total. The van der Waals surface area contributed by atoms with Crippen molar-refractivity contribution in [2.45, 2.75) is 27.7 Å². The highest BCUT2D eigenvalue weighted by atomic mass is 79.9. The molecule has 0 atom stereocenters. The van der Waals surface area contributed by atoms with Gasteiger partial charge in [-0.25, -0.2) is 37.5 Å². The Morgan fingerprint density at radius 3 is 1.57 bits per heavy atom. The van der Waals surface area contributed by atoms with Crippen molar-refractivity contribution in [3.8, 4) is 5.88 Å². The molecule has 40 heavy (non-hydrogen) atoms. The molecule has 4 aromatic heterocycles. The van der Waals surface area contributed by atoms with Crippen LogP contribution in [0.5, 0.6) is 5.88 Å². The average Bonchev–Trinajstić information content (AvgIpc) is 2.93. The number of anilines is 2. The number of ether oxygens (including phenoxy) is 1. The molecule has 4 rings (SSSR count). The van der Waals surface area contributed by atoms with E-state index in [-0.39, 0.29) is 23.3 Å². The molecule has 7 nitrogen and oxygen atoms in total. The average molecular weight is 776 g/mol. The van der Waals surface area contributed by atoms with Crippen molar-refractivity contribution in [2.24, 2.45) is 0 Å². The maximum atomic E-state index is 12.7. The van der Waals surface area contributed by atoms with Gasteiger partial charge in [-0.3, -0.25) is 0 Å². The highest BCUT2D eigenvalue weighted by molar-refractivity contribution is 9.11. The zero-order valence-corrected chi connectivity index (χ0v) is 27.3. The largest absolute Gasteiger partial charge is 0.480 e. The first-order chi connectivity index (χ1) is 18.6. The van der Waals surface area contributed by atoms with E-state index in [1.807, 2.05) is 0 Å². The number of aryl methyl sites for hydroxylation is 1. The minimum absolute atomic E-state index is 0.291. The molecule has 0 amide bonds. The van der Waals surface area contributed by atoms with E-state index in [4.69, 9.17) is 27.8 Å². The first-order valence-corrected chi connectivity index (χ1v) is 13.6. The van der Waals surface area contributed by atoms with Crippen LogP contribution in [0.4, 0.5) is 29.2 Å². The van der Waals surface area contributed by atoms with Crippen molar-refractivity contribution in [1.82, 2.24) is 19.9 Å². The molecule has 15 heteroatoms. The third-order valence-electron chi connectivity index (χ3n) is 4.82. The highest BCUT2D eigenvalue weighted by Gasteiger charge is 2.08. The van der Waals surface area contributed by atoms with E-state index in [0.717, 1.165) is 24.8 Å². The molecule has 0 saturated heterocycles. The Balaban J connectivity index is 0.000000267. The fourth-order valence-corrected chi connectivity index (χ4v) is 3.57. The van der Waals surface area contributed by atoms with Gasteiger partial charge in [0.2, 0.25) is 5.88 Å². The number of aromatic nitrogens is 4. The van der Waals surface area contributed by atoms with Gasteiger partial charge < -0.3 is 16.2 Å². The zero-order valence-electron chi connectivity index (χ0n) is 21.8. The minimum atomic E-state index is -0.351. The van der Waals surface area contributed by atoms with Crippen molar-refractivity contribution in [3.63, 3.8) is 0 Å². The molecule has 4 aromatic rings. The van der Waals surface area contributed by atoms with E-state index in [1.165, 1.54) is 13.2 Å². The first kappa shape index (κ1) is 35.5. The van der Waals surface area contributed by atoms with Crippen LogP contribution in [0.15, 0.2) is 44.3 Å². The number of pyridine rings is 4. The van der Waals surface area contributed by atoms with Gasteiger partial charge in [-0.15, -0.1) is 0 Å². The molecule has 4 heterocycles. The molecule has 0 bridgehead atoms. The summed E-state index contributed by atoms with van der Waals surface area (Å²) in [6, 6.07) is 1.50. The lowest BCUT2D eigenvalue weighted by Gasteiger charge is -2.03. The number of nitrogens with two attached hydrogens (primary N) is 2. The van der Waals surface area contributed by atoms with Gasteiger partial charge in [-0.05, 0) is 87.1 Å². The molecule has 0 aromatic carbocycles. The number of hydrogen-bond acceptors (Lipinski definition) is 7. The van der Waals surface area contributed by atoms with Gasteiger partial charge in [0.1, 0.15) is 40.1 Å². The van der Waals surface area contributed by atoms with Crippen LogP contribution in [0.25, 0.3) is 0 Å². The van der Waals surface area contributed by atoms with E-state index in [2.05, 4.69) is 67.7 Å². The van der Waals surface area contributed by atoms with Crippen LogP contribution in [0, 0.1) is 51.0 Å². The smallest absolute Gasteiger partial charge is 0.228 e. The van der Waals surface area contributed by atoms with Crippen LogP contribution >= 0.6 is 59.4 Å². The van der Waals surface area contributed by atoms with Crippen molar-refractivity contribution >= 4 is 71.0 Å². The van der Waals surface area contributed by atoms with E-state index >= 15 is 0 Å². The Bertz CT molecular complexity index is 1360. The monoisotopic (exact) mass is 772 g/mol. The summed E-state index contributed by atoms with van der Waals surface area (Å²) in [6.07, 6.45) is 4.46. The fourth-order valence-electron chi connectivity index (χ4n) is 2.34. The van der Waals surface area contributed by atoms with E-state index in [0.29, 0.717) is 58.3 Å². The Labute approximate surface area is 259 Å². The van der Waals surface area contributed by atoms with Crippen LogP contribution < -0.4 is 16.2 Å². The maximum Gasteiger partial charge on any atom is 0.228 e. The quantitative estimate of drug-likeness (QED) is 0.148. The van der Waals surface area contributed by atoms with Crippen LogP contribution in [-0.2, 0) is 0 Å². The van der Waals surface area contributed by atoms with Crippen LogP contribution in [0.1, 0.15) is 22.3 Å². The van der Waals surface area contributed by atoms with Crippen molar-refractivity contribution in [1.29, 1.82) is 0 Å². The lowest BCUT2D eigenvalue weighted by molar-refractivity contribution is 0.392. The van der Waals surface area contributed by atoms with Gasteiger partial charge in [0.25, 0.3) is 0 Å². The normalized spacial score (nSPS) is 9.82. The summed E-state index contributed by atoms with van der Waals surface area (Å²) in [5, 5.41) is 0.291. The lowest BCUT2D eigenvalue weighted by Crippen LogP contribution is -1.95. The summed E-state index contributed by atoms with van der Waals surface area (Å²) < 4.78 is 56.8. The molecule has 216 valence electrons. The van der Waals surface area contributed by atoms with Gasteiger partial charge in [0, 0.05) is 16.7 Å². The number of nitrogens with zero attached hydrogens (tertiary/aromatic N) is 4. The van der Waals surface area contributed by atoms with Gasteiger partial charge >= 0.3 is 0 Å². The Morgan fingerprint density at radius 1 is 0.675 bits per heavy atom. The molecule has 0 spiro atoms. The molecule has 0 aliphatic rings. The topological polar surface area (TPSA) is 113 Å². The van der Waals surface area contributed by atoms with Crippen molar-refractivity contribution in [2.75, 3.05) is 18.6 Å². The number of rotatable bonds is 1. The molecule has 0 saturated carbocycles. The van der Waals surface area contributed by atoms with Gasteiger partial charge in [0.15, 0.2) is 0 Å². The van der Waals surface area contributed by atoms with Crippen molar-refractivity contribution in [3.05, 3.63) is 94.9 Å². The molecule has 0 unspecified atom stereocenters. The summed E-state index contributed by atoms with van der Waals surface area (Å²) >= 11 is 14.9. The summed E-state index contributed by atoms with van der Waals surface area (Å²) in [5.74, 6) is -0.268. The molecule has 0 radical (unpaired) electrons. The Morgan fingerprint density at radius 2 is 1.12 bits per heavy atom. The van der Waals surface area contributed by atoms with E-state index in [9.17, 15) is 17.6 Å². The molecule has 0 aliphatic carbocycles. The van der Waals surface area contributed by atoms with E-state index < -0.39 is 0 Å². The van der Waals surface area contributed by atoms with E-state index in [1.54, 1.807) is 27.7 Å². The third-order valence-corrected chi connectivity index (χ3v) is 8.24. The molecular formula is C25H24Br3ClF4N6O. The number of nitrogen functional groups attached to an aromatic ring is 2. The SMILES string of the molecule is COc1ncc(F)c(C)c1Br.Cc1c(F)cnc(Cl)c1Br.Cc1c(F)cnc(N)c1Br.Cc1cc(N)ncc1F. The van der Waals surface area contributed by atoms with Gasteiger partial charge in [-0.2, -0.15) is 0 Å². The van der Waals surface area contributed by atoms with Crippen molar-refractivity contribution < 1.29 is 22.3 Å². The molecule has 0 aliphatic heterocycles. The Hall–Kier alpha value is -2.55. The van der Waals surface area contributed by atoms with Crippen LogP contribution in [0.2, 0.25) is 5.15 Å². The second-order valence-electron chi connectivity index (χ2n) is 7.68.